The van der Waals surface area contributed by atoms with Gasteiger partial charge in [-0.2, -0.15) is 4.31 Å². The average molecular weight is 410 g/mol. The fraction of sp³-hybridized carbons (Fsp3) is 0.333. The third-order valence-corrected chi connectivity index (χ3v) is 7.37. The lowest BCUT2D eigenvalue weighted by atomic mass is 10.2. The Hall–Kier alpha value is -0.700. The van der Waals surface area contributed by atoms with Crippen molar-refractivity contribution in [1.29, 1.82) is 0 Å². The van der Waals surface area contributed by atoms with E-state index in [1.165, 1.54) is 16.4 Å². The van der Waals surface area contributed by atoms with E-state index < -0.39 is 10.0 Å². The molecule has 0 amide bonds. The second-order valence-electron chi connectivity index (χ2n) is 5.37. The van der Waals surface area contributed by atoms with Crippen molar-refractivity contribution in [3.63, 3.8) is 0 Å². The first-order chi connectivity index (χ1) is 10.9. The maximum atomic E-state index is 13.2. The molecule has 1 aromatic carbocycles. The highest BCUT2D eigenvalue weighted by Crippen LogP contribution is 2.28. The fourth-order valence-electron chi connectivity index (χ4n) is 2.59. The number of halogens is 3. The number of hydrogen-bond donors (Lipinski definition) is 0. The normalized spacial score (nSPS) is 16.8. The summed E-state index contributed by atoms with van der Waals surface area (Å²) >= 11 is 6.90. The van der Waals surface area contributed by atoms with Gasteiger partial charge in [0.05, 0.1) is 4.34 Å². The Morgan fingerprint density at radius 1 is 1.12 bits per heavy atom. The van der Waals surface area contributed by atoms with Crippen molar-refractivity contribution in [2.24, 2.45) is 0 Å². The second kappa shape index (κ2) is 8.12. The Kier molecular flexibility index (Phi) is 6.64. The molecule has 132 valence electrons. The first-order valence-corrected chi connectivity index (χ1v) is 9.81. The Balaban J connectivity index is 0.00000208. The Bertz CT molecular complexity index is 790. The summed E-state index contributed by atoms with van der Waals surface area (Å²) in [6.07, 6.45) is 0. The predicted molar refractivity (Wildman–Crippen MR) is 89.8 cm³/mol. The third kappa shape index (κ3) is 4.47. The summed E-state index contributed by atoms with van der Waals surface area (Å²) in [6.45, 7) is 2.71. The van der Waals surface area contributed by atoms with Crippen LogP contribution in [0.2, 0.25) is 4.34 Å². The van der Waals surface area contributed by atoms with Crippen LogP contribution in [0.5, 0.6) is 0 Å². The summed E-state index contributed by atoms with van der Waals surface area (Å²) < 4.78 is 40.5. The van der Waals surface area contributed by atoms with Gasteiger partial charge in [-0.05, 0) is 29.8 Å². The molecule has 9 heteroatoms. The van der Waals surface area contributed by atoms with Crippen molar-refractivity contribution in [2.75, 3.05) is 26.2 Å². The van der Waals surface area contributed by atoms with Crippen LogP contribution >= 0.6 is 22.9 Å². The fourth-order valence-corrected chi connectivity index (χ4v) is 5.64. The molecule has 3 rings (SSSR count). The first kappa shape index (κ1) is 19.6. The van der Waals surface area contributed by atoms with Crippen molar-refractivity contribution in [2.45, 2.75) is 10.8 Å². The number of piperazine rings is 1. The van der Waals surface area contributed by atoms with Crippen LogP contribution in [0, 0.1) is 5.82 Å². The number of hydrogen-bond acceptors (Lipinski definition) is 4. The molecule has 0 unspecified atom stereocenters. The molecular formula is C15H16Cl2FN2O2S2-. The van der Waals surface area contributed by atoms with Crippen LogP contribution in [0.4, 0.5) is 4.39 Å². The molecular weight excluding hydrogens is 394 g/mol. The summed E-state index contributed by atoms with van der Waals surface area (Å²) in [7, 11) is -3.46. The Labute approximate surface area is 156 Å². The molecule has 0 saturated carbocycles. The van der Waals surface area contributed by atoms with Gasteiger partial charge < -0.3 is 12.4 Å². The van der Waals surface area contributed by atoms with Crippen LogP contribution in [-0.4, -0.2) is 43.8 Å². The van der Waals surface area contributed by atoms with Gasteiger partial charge in [0.1, 0.15) is 10.0 Å². The van der Waals surface area contributed by atoms with E-state index in [0.717, 1.165) is 16.9 Å². The van der Waals surface area contributed by atoms with Gasteiger partial charge in [0, 0.05) is 32.7 Å². The van der Waals surface area contributed by atoms with Gasteiger partial charge in [-0.15, -0.1) is 11.3 Å². The van der Waals surface area contributed by atoms with E-state index in [0.29, 0.717) is 37.1 Å². The van der Waals surface area contributed by atoms with Crippen molar-refractivity contribution in [3.8, 4) is 0 Å². The van der Waals surface area contributed by atoms with Gasteiger partial charge >= 0.3 is 0 Å². The zero-order valence-corrected chi connectivity index (χ0v) is 15.8. The van der Waals surface area contributed by atoms with E-state index in [-0.39, 0.29) is 22.4 Å². The van der Waals surface area contributed by atoms with E-state index in [1.807, 2.05) is 6.07 Å². The topological polar surface area (TPSA) is 40.6 Å². The molecule has 2 aromatic rings. The lowest BCUT2D eigenvalue weighted by molar-refractivity contribution is -0.00000784. The number of benzene rings is 1. The molecule has 0 bridgehead atoms. The van der Waals surface area contributed by atoms with Gasteiger partial charge in [0.25, 0.3) is 10.0 Å². The van der Waals surface area contributed by atoms with Crippen LogP contribution in [0.15, 0.2) is 40.6 Å². The maximum Gasteiger partial charge on any atom is 0.252 e. The summed E-state index contributed by atoms with van der Waals surface area (Å²) in [5.41, 5.74) is 0.895. The Morgan fingerprint density at radius 2 is 1.83 bits per heavy atom. The van der Waals surface area contributed by atoms with Crippen molar-refractivity contribution < 1.29 is 25.2 Å². The lowest BCUT2D eigenvalue weighted by Crippen LogP contribution is -3.00. The smallest absolute Gasteiger partial charge is 0.252 e. The minimum Gasteiger partial charge on any atom is -1.00 e. The van der Waals surface area contributed by atoms with Gasteiger partial charge in [-0.25, -0.2) is 12.8 Å². The molecule has 24 heavy (non-hydrogen) atoms. The van der Waals surface area contributed by atoms with Gasteiger partial charge in [0.2, 0.25) is 0 Å². The summed E-state index contributed by atoms with van der Waals surface area (Å²) in [4.78, 5) is 2.13. The molecule has 0 aliphatic carbocycles. The molecule has 1 aromatic heterocycles. The van der Waals surface area contributed by atoms with Crippen molar-refractivity contribution >= 4 is 33.0 Å². The minimum atomic E-state index is -3.46. The maximum absolute atomic E-state index is 13.2. The average Bonchev–Trinajstić information content (AvgIpc) is 2.95. The van der Waals surface area contributed by atoms with Crippen LogP contribution in [0.3, 0.4) is 0 Å². The quantitative estimate of drug-likeness (QED) is 0.716. The predicted octanol–water partition coefficient (Wildman–Crippen LogP) is 0.0511. The number of sulfonamides is 1. The highest BCUT2D eigenvalue weighted by atomic mass is 35.5. The largest absolute Gasteiger partial charge is 1.00 e. The molecule has 1 fully saturated rings. The summed E-state index contributed by atoms with van der Waals surface area (Å²) in [5, 5.41) is 0. The first-order valence-electron chi connectivity index (χ1n) is 7.17. The van der Waals surface area contributed by atoms with E-state index in [1.54, 1.807) is 18.2 Å². The van der Waals surface area contributed by atoms with E-state index in [9.17, 15) is 12.8 Å². The van der Waals surface area contributed by atoms with Crippen molar-refractivity contribution in [1.82, 2.24) is 9.21 Å². The zero-order valence-electron chi connectivity index (χ0n) is 12.7. The van der Waals surface area contributed by atoms with E-state index >= 15 is 0 Å². The van der Waals surface area contributed by atoms with E-state index in [4.69, 9.17) is 11.6 Å². The third-order valence-electron chi connectivity index (χ3n) is 3.77. The number of nitrogens with zero attached hydrogens (tertiary/aromatic N) is 2. The molecule has 0 radical (unpaired) electrons. The molecule has 2 heterocycles. The number of rotatable bonds is 4. The second-order valence-corrected chi connectivity index (χ2v) is 9.25. The van der Waals surface area contributed by atoms with Gasteiger partial charge in [-0.1, -0.05) is 23.7 Å². The summed E-state index contributed by atoms with van der Waals surface area (Å²) in [5.74, 6) is -0.252. The monoisotopic (exact) mass is 409 g/mol. The SMILES string of the molecule is O=S(=O)(c1ccc(Cl)s1)N1CCN(Cc2cccc(F)c2)CC1.[Cl-]. The minimum absolute atomic E-state index is 0. The van der Waals surface area contributed by atoms with Crippen LogP contribution in [0.25, 0.3) is 0 Å². The molecule has 0 spiro atoms. The summed E-state index contributed by atoms with van der Waals surface area (Å²) in [6, 6.07) is 9.63. The van der Waals surface area contributed by atoms with Crippen LogP contribution in [0.1, 0.15) is 5.56 Å². The van der Waals surface area contributed by atoms with E-state index in [2.05, 4.69) is 4.90 Å². The van der Waals surface area contributed by atoms with Crippen LogP contribution < -0.4 is 12.4 Å². The molecule has 4 nitrogen and oxygen atoms in total. The molecule has 0 N–H and O–H groups in total. The number of thiophene rings is 1. The Morgan fingerprint density at radius 3 is 2.42 bits per heavy atom. The highest BCUT2D eigenvalue weighted by molar-refractivity contribution is 7.91. The van der Waals surface area contributed by atoms with Gasteiger partial charge in [0.15, 0.2) is 0 Å². The highest BCUT2D eigenvalue weighted by Gasteiger charge is 2.29. The molecule has 1 saturated heterocycles. The van der Waals surface area contributed by atoms with Crippen LogP contribution in [-0.2, 0) is 16.6 Å². The lowest BCUT2D eigenvalue weighted by Gasteiger charge is -2.33. The molecule has 1 aliphatic rings. The van der Waals surface area contributed by atoms with Crippen molar-refractivity contribution in [3.05, 3.63) is 52.1 Å². The van der Waals surface area contributed by atoms with Gasteiger partial charge in [-0.3, -0.25) is 4.90 Å². The zero-order chi connectivity index (χ0) is 16.4. The standard InChI is InChI=1S/C15H16ClFN2O2S2.ClH/c16-14-4-5-15(22-14)23(20,21)19-8-6-18(7-9-19)11-12-2-1-3-13(17)10-12;/h1-5,10H,6-9,11H2;1H/p-1. The molecule has 1 aliphatic heterocycles. The molecule has 0 atom stereocenters.